The van der Waals surface area contributed by atoms with Crippen molar-refractivity contribution in [3.8, 4) is 0 Å². The predicted molar refractivity (Wildman–Crippen MR) is 61.4 cm³/mol. The van der Waals surface area contributed by atoms with E-state index in [1.165, 1.54) is 0 Å². The lowest BCUT2D eigenvalue weighted by Gasteiger charge is -2.23. The summed E-state index contributed by atoms with van der Waals surface area (Å²) in [6.45, 7) is 3.75. The number of carbonyl (C=O) groups is 2. The molecule has 0 saturated heterocycles. The number of carboxylic acid groups (broad SMARTS) is 2. The summed E-state index contributed by atoms with van der Waals surface area (Å²) in [5.74, 6) is -1.53. The zero-order valence-corrected chi connectivity index (χ0v) is 10.2. The summed E-state index contributed by atoms with van der Waals surface area (Å²) in [7, 11) is 0. The Hall–Kier alpha value is -1.06. The molecule has 0 fully saturated rings. The maximum Gasteiger partial charge on any atom is 0.309 e. The van der Waals surface area contributed by atoms with Gasteiger partial charge >= 0.3 is 11.9 Å². The van der Waals surface area contributed by atoms with Crippen LogP contribution in [0.5, 0.6) is 0 Å². The van der Waals surface area contributed by atoms with E-state index in [0.717, 1.165) is 19.3 Å². The first-order valence-electron chi connectivity index (χ1n) is 5.87. The first-order chi connectivity index (χ1) is 7.42. The Balaban J connectivity index is 3.86. The minimum atomic E-state index is -0.783. The fraction of sp³-hybridized carbons (Fsp3) is 0.833. The number of aliphatic carboxylic acids is 2. The summed E-state index contributed by atoms with van der Waals surface area (Å²) in [6.07, 6.45) is 4.57. The topological polar surface area (TPSA) is 74.6 Å². The van der Waals surface area contributed by atoms with Crippen molar-refractivity contribution in [3.05, 3.63) is 0 Å². The normalized spacial score (nSPS) is 14.4. The predicted octanol–water partition coefficient (Wildman–Crippen LogP) is 2.91. The van der Waals surface area contributed by atoms with Gasteiger partial charge in [-0.1, -0.05) is 26.2 Å². The Morgan fingerprint density at radius 1 is 1.06 bits per heavy atom. The van der Waals surface area contributed by atoms with Crippen molar-refractivity contribution in [1.29, 1.82) is 0 Å². The van der Waals surface area contributed by atoms with Gasteiger partial charge in [0.15, 0.2) is 0 Å². The largest absolute Gasteiger partial charge is 0.481 e. The fourth-order valence-electron chi connectivity index (χ4n) is 1.86. The second-order valence-corrected chi connectivity index (χ2v) is 4.57. The minimum absolute atomic E-state index is 0.178. The van der Waals surface area contributed by atoms with Crippen molar-refractivity contribution in [2.24, 2.45) is 5.41 Å². The Bertz CT molecular complexity index is 237. The molecule has 0 heterocycles. The molecular weight excluding hydrogens is 208 g/mol. The third kappa shape index (κ3) is 5.73. The van der Waals surface area contributed by atoms with Gasteiger partial charge in [-0.15, -0.1) is 0 Å². The van der Waals surface area contributed by atoms with Gasteiger partial charge in [0.05, 0.1) is 5.41 Å². The van der Waals surface area contributed by atoms with E-state index in [1.54, 1.807) is 6.92 Å². The van der Waals surface area contributed by atoms with Gasteiger partial charge in [-0.3, -0.25) is 9.59 Å². The van der Waals surface area contributed by atoms with E-state index in [9.17, 15) is 9.59 Å². The van der Waals surface area contributed by atoms with Gasteiger partial charge in [0.25, 0.3) is 0 Å². The van der Waals surface area contributed by atoms with E-state index in [4.69, 9.17) is 10.2 Å². The lowest BCUT2D eigenvalue weighted by Crippen LogP contribution is -2.27. The van der Waals surface area contributed by atoms with Crippen LogP contribution in [-0.2, 0) is 9.59 Å². The second-order valence-electron chi connectivity index (χ2n) is 4.57. The number of hydrogen-bond donors (Lipinski definition) is 2. The molecule has 0 aliphatic heterocycles. The lowest BCUT2D eigenvalue weighted by molar-refractivity contribution is -0.149. The molecule has 0 aromatic heterocycles. The molecular formula is C12H22O4. The SMILES string of the molecule is CCCC(C)(CCCCCC(=O)O)C(=O)O. The first-order valence-corrected chi connectivity index (χ1v) is 5.87. The molecule has 0 amide bonds. The van der Waals surface area contributed by atoms with E-state index < -0.39 is 17.4 Å². The van der Waals surface area contributed by atoms with Crippen molar-refractivity contribution in [2.45, 2.75) is 58.8 Å². The monoisotopic (exact) mass is 230 g/mol. The maximum atomic E-state index is 11.1. The van der Waals surface area contributed by atoms with E-state index in [0.29, 0.717) is 19.3 Å². The van der Waals surface area contributed by atoms with Gasteiger partial charge in [0, 0.05) is 6.42 Å². The van der Waals surface area contributed by atoms with Gasteiger partial charge in [-0.2, -0.15) is 0 Å². The van der Waals surface area contributed by atoms with Crippen molar-refractivity contribution in [3.63, 3.8) is 0 Å². The molecule has 16 heavy (non-hydrogen) atoms. The molecule has 0 bridgehead atoms. The Kier molecular flexibility index (Phi) is 6.77. The summed E-state index contributed by atoms with van der Waals surface area (Å²) < 4.78 is 0. The molecule has 0 saturated carbocycles. The maximum absolute atomic E-state index is 11.1. The summed E-state index contributed by atoms with van der Waals surface area (Å²) in [5, 5.41) is 17.6. The van der Waals surface area contributed by atoms with Crippen LogP contribution in [0.25, 0.3) is 0 Å². The van der Waals surface area contributed by atoms with Crippen molar-refractivity contribution < 1.29 is 19.8 Å². The zero-order valence-electron chi connectivity index (χ0n) is 10.2. The molecule has 94 valence electrons. The van der Waals surface area contributed by atoms with Crippen LogP contribution in [0.4, 0.5) is 0 Å². The van der Waals surface area contributed by atoms with Crippen molar-refractivity contribution >= 4 is 11.9 Å². The number of carboxylic acids is 2. The number of hydrogen-bond acceptors (Lipinski definition) is 2. The molecule has 4 nitrogen and oxygen atoms in total. The van der Waals surface area contributed by atoms with Crippen LogP contribution in [0.1, 0.15) is 58.8 Å². The van der Waals surface area contributed by atoms with Crippen LogP contribution in [-0.4, -0.2) is 22.2 Å². The quantitative estimate of drug-likeness (QED) is 0.597. The van der Waals surface area contributed by atoms with E-state index >= 15 is 0 Å². The standard InChI is InChI=1S/C12H22O4/c1-3-8-12(2,11(15)16)9-6-4-5-7-10(13)14/h3-9H2,1-2H3,(H,13,14)(H,15,16). The van der Waals surface area contributed by atoms with Crippen LogP contribution >= 0.6 is 0 Å². The Labute approximate surface area is 96.7 Å². The summed E-state index contributed by atoms with van der Waals surface area (Å²) in [4.78, 5) is 21.4. The Morgan fingerprint density at radius 2 is 1.69 bits per heavy atom. The van der Waals surface area contributed by atoms with E-state index in [-0.39, 0.29) is 6.42 Å². The average Bonchev–Trinajstić information content (AvgIpc) is 2.17. The van der Waals surface area contributed by atoms with Crippen LogP contribution in [0.15, 0.2) is 0 Å². The molecule has 1 unspecified atom stereocenters. The molecule has 0 aliphatic rings. The zero-order chi connectivity index (χ0) is 12.6. The van der Waals surface area contributed by atoms with Gasteiger partial charge in [-0.05, 0) is 26.2 Å². The average molecular weight is 230 g/mol. The van der Waals surface area contributed by atoms with Crippen LogP contribution < -0.4 is 0 Å². The van der Waals surface area contributed by atoms with E-state index in [2.05, 4.69) is 0 Å². The van der Waals surface area contributed by atoms with Crippen LogP contribution in [0.3, 0.4) is 0 Å². The molecule has 0 radical (unpaired) electrons. The Morgan fingerprint density at radius 3 is 2.12 bits per heavy atom. The smallest absolute Gasteiger partial charge is 0.309 e. The van der Waals surface area contributed by atoms with Gasteiger partial charge in [0.2, 0.25) is 0 Å². The first kappa shape index (κ1) is 14.9. The fourth-order valence-corrected chi connectivity index (χ4v) is 1.86. The molecule has 0 aromatic carbocycles. The highest BCUT2D eigenvalue weighted by Crippen LogP contribution is 2.30. The highest BCUT2D eigenvalue weighted by atomic mass is 16.4. The lowest BCUT2D eigenvalue weighted by atomic mass is 9.80. The molecule has 1 atom stereocenters. The molecule has 0 rings (SSSR count). The summed E-state index contributed by atoms with van der Waals surface area (Å²) >= 11 is 0. The van der Waals surface area contributed by atoms with Gasteiger partial charge in [-0.25, -0.2) is 0 Å². The van der Waals surface area contributed by atoms with Crippen molar-refractivity contribution in [2.75, 3.05) is 0 Å². The highest BCUT2D eigenvalue weighted by Gasteiger charge is 2.31. The molecule has 4 heteroatoms. The van der Waals surface area contributed by atoms with Crippen LogP contribution in [0, 0.1) is 5.41 Å². The summed E-state index contributed by atoms with van der Waals surface area (Å²) in [5.41, 5.74) is -0.641. The van der Waals surface area contributed by atoms with Crippen molar-refractivity contribution in [1.82, 2.24) is 0 Å². The molecule has 0 aliphatic carbocycles. The minimum Gasteiger partial charge on any atom is -0.481 e. The molecule has 2 N–H and O–H groups in total. The molecule has 0 spiro atoms. The highest BCUT2D eigenvalue weighted by molar-refractivity contribution is 5.74. The number of rotatable bonds is 9. The third-order valence-electron chi connectivity index (χ3n) is 2.94. The van der Waals surface area contributed by atoms with Gasteiger partial charge < -0.3 is 10.2 Å². The molecule has 0 aromatic rings. The summed E-state index contributed by atoms with van der Waals surface area (Å²) in [6, 6.07) is 0. The number of unbranched alkanes of at least 4 members (excludes halogenated alkanes) is 2. The van der Waals surface area contributed by atoms with E-state index in [1.807, 2.05) is 6.92 Å². The third-order valence-corrected chi connectivity index (χ3v) is 2.94. The van der Waals surface area contributed by atoms with Gasteiger partial charge in [0.1, 0.15) is 0 Å². The second kappa shape index (κ2) is 7.25. The van der Waals surface area contributed by atoms with Crippen LogP contribution in [0.2, 0.25) is 0 Å².